The molecule has 0 aliphatic heterocycles. The van der Waals surface area contributed by atoms with E-state index in [2.05, 4.69) is 15.0 Å². The van der Waals surface area contributed by atoms with Gasteiger partial charge in [-0.2, -0.15) is 0 Å². The molecule has 19 heavy (non-hydrogen) atoms. The van der Waals surface area contributed by atoms with Gasteiger partial charge in [0.25, 0.3) is 0 Å². The lowest BCUT2D eigenvalue weighted by atomic mass is 9.89. The Hall–Kier alpha value is -1.78. The maximum Gasteiger partial charge on any atom is 0.188 e. The first-order chi connectivity index (χ1) is 9.20. The first-order valence-electron chi connectivity index (χ1n) is 6.87. The number of nitrogens with zero attached hydrogens (tertiary/aromatic N) is 3. The molecule has 1 aromatic rings. The van der Waals surface area contributed by atoms with Gasteiger partial charge in [-0.1, -0.05) is 30.5 Å². The zero-order valence-corrected chi connectivity index (χ0v) is 11.4. The van der Waals surface area contributed by atoms with Crippen LogP contribution in [0.5, 0.6) is 0 Å². The second-order valence-corrected chi connectivity index (χ2v) is 5.25. The van der Waals surface area contributed by atoms with Gasteiger partial charge in [-0.15, -0.1) is 0 Å². The average Bonchev–Trinajstić information content (AvgIpc) is 2.47. The van der Waals surface area contributed by atoms with Crippen LogP contribution in [0.1, 0.15) is 37.8 Å². The van der Waals surface area contributed by atoms with Gasteiger partial charge >= 0.3 is 0 Å². The standard InChI is InChI=1S/C14H22N4O/c1-18(10-11-6-3-2-4-7-11)13-9-5-8-12(16-13)14(15)17-19/h5,8-9,11,19H,2-4,6-7,10H2,1H3,(H2,15,17). The lowest BCUT2D eigenvalue weighted by Gasteiger charge is -2.27. The molecule has 104 valence electrons. The lowest BCUT2D eigenvalue weighted by molar-refractivity contribution is 0.318. The van der Waals surface area contributed by atoms with Gasteiger partial charge in [0.15, 0.2) is 5.84 Å². The topological polar surface area (TPSA) is 74.7 Å². The van der Waals surface area contributed by atoms with E-state index in [-0.39, 0.29) is 5.84 Å². The predicted molar refractivity (Wildman–Crippen MR) is 76.6 cm³/mol. The number of pyridine rings is 1. The Morgan fingerprint density at radius 3 is 2.84 bits per heavy atom. The highest BCUT2D eigenvalue weighted by molar-refractivity contribution is 5.95. The molecule has 0 bridgehead atoms. The van der Waals surface area contributed by atoms with Crippen LogP contribution in [-0.2, 0) is 0 Å². The van der Waals surface area contributed by atoms with Crippen LogP contribution in [0.15, 0.2) is 23.4 Å². The number of nitrogens with two attached hydrogens (primary N) is 1. The summed E-state index contributed by atoms with van der Waals surface area (Å²) >= 11 is 0. The summed E-state index contributed by atoms with van der Waals surface area (Å²) in [7, 11) is 2.05. The largest absolute Gasteiger partial charge is 0.409 e. The summed E-state index contributed by atoms with van der Waals surface area (Å²) in [5, 5.41) is 11.7. The first-order valence-corrected chi connectivity index (χ1v) is 6.87. The summed E-state index contributed by atoms with van der Waals surface area (Å²) in [5.41, 5.74) is 6.08. The van der Waals surface area contributed by atoms with E-state index >= 15 is 0 Å². The van der Waals surface area contributed by atoms with Crippen LogP contribution < -0.4 is 10.6 Å². The fraction of sp³-hybridized carbons (Fsp3) is 0.571. The SMILES string of the molecule is CN(CC1CCCCC1)c1cccc(C(N)=NO)n1. The van der Waals surface area contributed by atoms with Crippen molar-refractivity contribution in [2.75, 3.05) is 18.5 Å². The molecule has 1 aliphatic carbocycles. The van der Waals surface area contributed by atoms with E-state index < -0.39 is 0 Å². The molecule has 0 aromatic carbocycles. The summed E-state index contributed by atoms with van der Waals surface area (Å²) in [6.45, 7) is 1.02. The highest BCUT2D eigenvalue weighted by Crippen LogP contribution is 2.25. The molecule has 1 saturated carbocycles. The van der Waals surface area contributed by atoms with Gasteiger partial charge in [-0.3, -0.25) is 0 Å². The fourth-order valence-electron chi connectivity index (χ4n) is 2.68. The first kappa shape index (κ1) is 13.6. The van der Waals surface area contributed by atoms with Crippen LogP contribution in [0.25, 0.3) is 0 Å². The second-order valence-electron chi connectivity index (χ2n) is 5.25. The van der Waals surface area contributed by atoms with Crippen LogP contribution >= 0.6 is 0 Å². The van der Waals surface area contributed by atoms with E-state index in [4.69, 9.17) is 10.9 Å². The van der Waals surface area contributed by atoms with Gasteiger partial charge in [0.2, 0.25) is 0 Å². The van der Waals surface area contributed by atoms with Crippen LogP contribution in [0.2, 0.25) is 0 Å². The van der Waals surface area contributed by atoms with Crippen molar-refractivity contribution in [1.82, 2.24) is 4.98 Å². The van der Waals surface area contributed by atoms with Gasteiger partial charge in [0.1, 0.15) is 11.5 Å². The Bertz CT molecular complexity index is 441. The van der Waals surface area contributed by atoms with Crippen molar-refractivity contribution in [2.24, 2.45) is 16.8 Å². The maximum atomic E-state index is 8.69. The van der Waals surface area contributed by atoms with Gasteiger partial charge < -0.3 is 15.8 Å². The summed E-state index contributed by atoms with van der Waals surface area (Å²) in [4.78, 5) is 6.58. The molecule has 1 aromatic heterocycles. The van der Waals surface area contributed by atoms with E-state index in [1.807, 2.05) is 19.2 Å². The third-order valence-corrected chi connectivity index (χ3v) is 3.75. The van der Waals surface area contributed by atoms with E-state index in [0.29, 0.717) is 5.69 Å². The van der Waals surface area contributed by atoms with Crippen molar-refractivity contribution in [3.63, 3.8) is 0 Å². The van der Waals surface area contributed by atoms with Crippen LogP contribution in [0.4, 0.5) is 5.82 Å². The number of rotatable bonds is 4. The van der Waals surface area contributed by atoms with Crippen molar-refractivity contribution in [3.8, 4) is 0 Å². The number of hydrogen-bond donors (Lipinski definition) is 2. The molecule has 1 heterocycles. The van der Waals surface area contributed by atoms with E-state index in [1.54, 1.807) is 6.07 Å². The molecule has 0 saturated heterocycles. The Morgan fingerprint density at radius 1 is 1.42 bits per heavy atom. The molecule has 0 unspecified atom stereocenters. The normalized spacial score (nSPS) is 17.4. The van der Waals surface area contributed by atoms with Crippen molar-refractivity contribution >= 4 is 11.7 Å². The zero-order valence-electron chi connectivity index (χ0n) is 11.4. The summed E-state index contributed by atoms with van der Waals surface area (Å²) < 4.78 is 0. The number of hydrogen-bond acceptors (Lipinski definition) is 4. The monoisotopic (exact) mass is 262 g/mol. The van der Waals surface area contributed by atoms with Crippen molar-refractivity contribution in [3.05, 3.63) is 23.9 Å². The quantitative estimate of drug-likeness (QED) is 0.377. The van der Waals surface area contributed by atoms with Gasteiger partial charge in [0, 0.05) is 13.6 Å². The van der Waals surface area contributed by atoms with Gasteiger partial charge in [-0.05, 0) is 30.9 Å². The molecule has 5 heteroatoms. The number of anilines is 1. The van der Waals surface area contributed by atoms with Gasteiger partial charge in [0.05, 0.1) is 0 Å². The molecule has 2 rings (SSSR count). The average molecular weight is 262 g/mol. The van der Waals surface area contributed by atoms with E-state index in [1.165, 1.54) is 32.1 Å². The minimum atomic E-state index is 0.0490. The minimum Gasteiger partial charge on any atom is -0.409 e. The fourth-order valence-corrected chi connectivity index (χ4v) is 2.68. The Morgan fingerprint density at radius 2 is 2.16 bits per heavy atom. The molecule has 1 fully saturated rings. The summed E-state index contributed by atoms with van der Waals surface area (Å²) in [6, 6.07) is 5.58. The number of oxime groups is 1. The van der Waals surface area contributed by atoms with Crippen molar-refractivity contribution in [2.45, 2.75) is 32.1 Å². The lowest BCUT2D eigenvalue weighted by Crippen LogP contribution is -2.28. The molecule has 0 spiro atoms. The van der Waals surface area contributed by atoms with E-state index in [0.717, 1.165) is 18.3 Å². The Labute approximate surface area is 114 Å². The third-order valence-electron chi connectivity index (χ3n) is 3.75. The van der Waals surface area contributed by atoms with Crippen molar-refractivity contribution in [1.29, 1.82) is 0 Å². The molecular formula is C14H22N4O. The molecule has 0 radical (unpaired) electrons. The number of amidine groups is 1. The number of aromatic nitrogens is 1. The summed E-state index contributed by atoms with van der Waals surface area (Å²) in [5.74, 6) is 1.68. The zero-order chi connectivity index (χ0) is 13.7. The summed E-state index contributed by atoms with van der Waals surface area (Å²) in [6.07, 6.45) is 6.68. The maximum absolute atomic E-state index is 8.69. The molecule has 1 aliphatic rings. The third kappa shape index (κ3) is 3.59. The Balaban J connectivity index is 2.03. The van der Waals surface area contributed by atoms with Crippen LogP contribution in [0.3, 0.4) is 0 Å². The molecule has 3 N–H and O–H groups in total. The van der Waals surface area contributed by atoms with Crippen molar-refractivity contribution < 1.29 is 5.21 Å². The smallest absolute Gasteiger partial charge is 0.188 e. The molecule has 5 nitrogen and oxygen atoms in total. The highest BCUT2D eigenvalue weighted by Gasteiger charge is 2.16. The van der Waals surface area contributed by atoms with E-state index in [9.17, 15) is 0 Å². The molecule has 0 atom stereocenters. The Kier molecular flexibility index (Phi) is 4.60. The highest BCUT2D eigenvalue weighted by atomic mass is 16.4. The molecule has 0 amide bonds. The van der Waals surface area contributed by atoms with Crippen LogP contribution in [0, 0.1) is 5.92 Å². The second kappa shape index (κ2) is 6.41. The molecular weight excluding hydrogens is 240 g/mol. The minimum absolute atomic E-state index is 0.0490. The van der Waals surface area contributed by atoms with Crippen LogP contribution in [-0.4, -0.2) is 29.6 Å². The predicted octanol–water partition coefficient (Wildman–Crippen LogP) is 2.19. The van der Waals surface area contributed by atoms with Gasteiger partial charge in [-0.25, -0.2) is 4.98 Å².